The van der Waals surface area contributed by atoms with Crippen molar-refractivity contribution in [3.05, 3.63) is 29.3 Å². The zero-order chi connectivity index (χ0) is 14.1. The van der Waals surface area contributed by atoms with Crippen molar-refractivity contribution in [3.8, 4) is 0 Å². The predicted molar refractivity (Wildman–Crippen MR) is 75.8 cm³/mol. The Morgan fingerprint density at radius 2 is 1.80 bits per heavy atom. The van der Waals surface area contributed by atoms with E-state index in [0.29, 0.717) is 19.4 Å². The first-order chi connectivity index (χ1) is 9.65. The molecule has 0 aromatic heterocycles. The number of imide groups is 1. The molecule has 2 aliphatic heterocycles. The second kappa shape index (κ2) is 5.25. The standard InChI is InChI=1S/C15H19N3O2/c16-13-3-1-2-11-6-7-17(10-12(11)13)8-9-18-14(19)4-5-15(18)20/h1-3H,4-10,16H2. The Balaban J connectivity index is 1.62. The fraction of sp³-hybridized carbons (Fsp3) is 0.467. The first-order valence-corrected chi connectivity index (χ1v) is 7.07. The van der Waals surface area contributed by atoms with Crippen LogP contribution in [-0.2, 0) is 22.6 Å². The molecule has 5 nitrogen and oxygen atoms in total. The van der Waals surface area contributed by atoms with Gasteiger partial charge in [-0.2, -0.15) is 0 Å². The molecule has 0 bridgehead atoms. The summed E-state index contributed by atoms with van der Waals surface area (Å²) >= 11 is 0. The quantitative estimate of drug-likeness (QED) is 0.652. The molecule has 0 unspecified atom stereocenters. The third-order valence-corrected chi connectivity index (χ3v) is 4.18. The fourth-order valence-electron chi connectivity index (χ4n) is 2.97. The van der Waals surface area contributed by atoms with Crippen molar-refractivity contribution in [2.45, 2.75) is 25.8 Å². The van der Waals surface area contributed by atoms with Gasteiger partial charge in [0.1, 0.15) is 0 Å². The van der Waals surface area contributed by atoms with E-state index < -0.39 is 0 Å². The average Bonchev–Trinajstić information content (AvgIpc) is 2.76. The van der Waals surface area contributed by atoms with Gasteiger partial charge in [-0.3, -0.25) is 19.4 Å². The average molecular weight is 273 g/mol. The topological polar surface area (TPSA) is 66.6 Å². The number of hydrogen-bond donors (Lipinski definition) is 1. The highest BCUT2D eigenvalue weighted by atomic mass is 16.2. The second-order valence-electron chi connectivity index (χ2n) is 5.45. The lowest BCUT2D eigenvalue weighted by Crippen LogP contribution is -2.40. The number of rotatable bonds is 3. The highest BCUT2D eigenvalue weighted by Gasteiger charge is 2.29. The van der Waals surface area contributed by atoms with E-state index in [9.17, 15) is 9.59 Å². The highest BCUT2D eigenvalue weighted by molar-refractivity contribution is 6.01. The minimum absolute atomic E-state index is 0.0353. The lowest BCUT2D eigenvalue weighted by molar-refractivity contribution is -0.138. The molecule has 106 valence electrons. The summed E-state index contributed by atoms with van der Waals surface area (Å²) in [5.74, 6) is -0.0705. The molecule has 2 aliphatic rings. The Bertz CT molecular complexity index is 540. The van der Waals surface area contributed by atoms with E-state index in [4.69, 9.17) is 5.73 Å². The van der Waals surface area contributed by atoms with Crippen LogP contribution >= 0.6 is 0 Å². The summed E-state index contributed by atoms with van der Waals surface area (Å²) in [5.41, 5.74) is 9.36. The SMILES string of the molecule is Nc1cccc2c1CN(CCN1C(=O)CCC1=O)CC2. The van der Waals surface area contributed by atoms with Gasteiger partial charge in [0.05, 0.1) is 0 Å². The molecule has 1 aromatic carbocycles. The Kier molecular flexibility index (Phi) is 3.44. The molecular formula is C15H19N3O2. The molecular weight excluding hydrogens is 254 g/mol. The maximum atomic E-state index is 11.6. The summed E-state index contributed by atoms with van der Waals surface area (Å²) in [6.07, 6.45) is 1.71. The van der Waals surface area contributed by atoms with Crippen molar-refractivity contribution in [3.63, 3.8) is 0 Å². The minimum Gasteiger partial charge on any atom is -0.398 e. The minimum atomic E-state index is -0.0353. The zero-order valence-electron chi connectivity index (χ0n) is 11.5. The van der Waals surface area contributed by atoms with Crippen LogP contribution in [0.15, 0.2) is 18.2 Å². The molecule has 1 aromatic rings. The molecule has 0 atom stereocenters. The van der Waals surface area contributed by atoms with Gasteiger partial charge >= 0.3 is 0 Å². The number of carbonyl (C=O) groups is 2. The van der Waals surface area contributed by atoms with E-state index in [1.54, 1.807) is 0 Å². The number of amides is 2. The van der Waals surface area contributed by atoms with Crippen molar-refractivity contribution in [2.75, 3.05) is 25.4 Å². The monoisotopic (exact) mass is 273 g/mol. The Morgan fingerprint density at radius 1 is 1.05 bits per heavy atom. The van der Waals surface area contributed by atoms with Crippen LogP contribution in [0.1, 0.15) is 24.0 Å². The molecule has 2 heterocycles. The van der Waals surface area contributed by atoms with Gasteiger partial charge in [0.15, 0.2) is 0 Å². The van der Waals surface area contributed by atoms with Crippen molar-refractivity contribution in [1.82, 2.24) is 9.80 Å². The van der Waals surface area contributed by atoms with Gasteiger partial charge < -0.3 is 5.73 Å². The van der Waals surface area contributed by atoms with Crippen molar-refractivity contribution in [1.29, 1.82) is 0 Å². The number of benzene rings is 1. The molecule has 5 heteroatoms. The van der Waals surface area contributed by atoms with Gasteiger partial charge in [-0.15, -0.1) is 0 Å². The number of carbonyl (C=O) groups excluding carboxylic acids is 2. The summed E-state index contributed by atoms with van der Waals surface area (Å²) in [4.78, 5) is 26.8. The van der Waals surface area contributed by atoms with Crippen LogP contribution in [0.2, 0.25) is 0 Å². The van der Waals surface area contributed by atoms with E-state index in [1.807, 2.05) is 12.1 Å². The number of nitrogens with zero attached hydrogens (tertiary/aromatic N) is 2. The van der Waals surface area contributed by atoms with Gasteiger partial charge in [0.25, 0.3) is 0 Å². The van der Waals surface area contributed by atoms with E-state index in [0.717, 1.165) is 31.7 Å². The van der Waals surface area contributed by atoms with Gasteiger partial charge in [-0.1, -0.05) is 12.1 Å². The third-order valence-electron chi connectivity index (χ3n) is 4.18. The summed E-state index contributed by atoms with van der Waals surface area (Å²) in [6, 6.07) is 6.04. The van der Waals surface area contributed by atoms with E-state index in [1.165, 1.54) is 16.0 Å². The van der Waals surface area contributed by atoms with Crippen LogP contribution in [0, 0.1) is 0 Å². The van der Waals surface area contributed by atoms with Gasteiger partial charge in [0.2, 0.25) is 11.8 Å². The van der Waals surface area contributed by atoms with Crippen LogP contribution < -0.4 is 5.73 Å². The van der Waals surface area contributed by atoms with Gasteiger partial charge in [0, 0.05) is 44.7 Å². The van der Waals surface area contributed by atoms with Crippen LogP contribution in [0.3, 0.4) is 0 Å². The lowest BCUT2D eigenvalue weighted by Gasteiger charge is -2.30. The maximum Gasteiger partial charge on any atom is 0.229 e. The fourth-order valence-corrected chi connectivity index (χ4v) is 2.97. The van der Waals surface area contributed by atoms with Crippen molar-refractivity contribution >= 4 is 17.5 Å². The maximum absolute atomic E-state index is 11.6. The summed E-state index contributed by atoms with van der Waals surface area (Å²) in [6.45, 7) is 2.98. The number of fused-ring (bicyclic) bond motifs is 1. The van der Waals surface area contributed by atoms with Crippen LogP contribution in [0.25, 0.3) is 0 Å². The zero-order valence-corrected chi connectivity index (χ0v) is 11.5. The summed E-state index contributed by atoms with van der Waals surface area (Å²) in [5, 5.41) is 0. The first-order valence-electron chi connectivity index (χ1n) is 7.07. The second-order valence-corrected chi connectivity index (χ2v) is 5.45. The van der Waals surface area contributed by atoms with Crippen LogP contribution in [0.5, 0.6) is 0 Å². The number of hydrogen-bond acceptors (Lipinski definition) is 4. The molecule has 2 N–H and O–H groups in total. The summed E-state index contributed by atoms with van der Waals surface area (Å²) in [7, 11) is 0. The Morgan fingerprint density at radius 3 is 2.55 bits per heavy atom. The number of likely N-dealkylation sites (tertiary alicyclic amines) is 1. The van der Waals surface area contributed by atoms with E-state index >= 15 is 0 Å². The largest absolute Gasteiger partial charge is 0.398 e. The third kappa shape index (κ3) is 2.41. The molecule has 20 heavy (non-hydrogen) atoms. The Hall–Kier alpha value is -1.88. The van der Waals surface area contributed by atoms with Crippen LogP contribution in [0.4, 0.5) is 5.69 Å². The molecule has 0 aliphatic carbocycles. The van der Waals surface area contributed by atoms with Crippen molar-refractivity contribution < 1.29 is 9.59 Å². The van der Waals surface area contributed by atoms with Crippen LogP contribution in [-0.4, -0.2) is 41.2 Å². The Labute approximate surface area is 118 Å². The van der Waals surface area contributed by atoms with Crippen molar-refractivity contribution in [2.24, 2.45) is 0 Å². The molecule has 1 fully saturated rings. The van der Waals surface area contributed by atoms with Gasteiger partial charge in [-0.05, 0) is 23.6 Å². The smallest absolute Gasteiger partial charge is 0.229 e. The number of nitrogens with two attached hydrogens (primary N) is 1. The molecule has 3 rings (SSSR count). The normalized spacial score (nSPS) is 19.5. The molecule has 0 radical (unpaired) electrons. The molecule has 0 saturated carbocycles. The number of nitrogen functional groups attached to an aromatic ring is 1. The number of anilines is 1. The summed E-state index contributed by atoms with van der Waals surface area (Å²) < 4.78 is 0. The van der Waals surface area contributed by atoms with Gasteiger partial charge in [-0.25, -0.2) is 0 Å². The van der Waals surface area contributed by atoms with E-state index in [2.05, 4.69) is 11.0 Å². The van der Waals surface area contributed by atoms with E-state index in [-0.39, 0.29) is 11.8 Å². The lowest BCUT2D eigenvalue weighted by atomic mass is 9.98. The molecule has 0 spiro atoms. The molecule has 2 amide bonds. The highest BCUT2D eigenvalue weighted by Crippen LogP contribution is 2.24. The molecule has 1 saturated heterocycles. The predicted octanol–water partition coefficient (Wildman–Crippen LogP) is 0.776. The first kappa shape index (κ1) is 13.1.